The highest BCUT2D eigenvalue weighted by Crippen LogP contribution is 2.23. The van der Waals surface area contributed by atoms with Gasteiger partial charge in [-0.2, -0.15) is 0 Å². The lowest BCUT2D eigenvalue weighted by atomic mass is 10.2. The molecule has 1 amide bonds. The van der Waals surface area contributed by atoms with Crippen molar-refractivity contribution in [3.63, 3.8) is 0 Å². The molecule has 5 nitrogen and oxygen atoms in total. The molecular formula is C17H20N2O3S. The number of fused-ring (bicyclic) bond motifs is 1. The van der Waals surface area contributed by atoms with Gasteiger partial charge in [0, 0.05) is 30.5 Å². The quantitative estimate of drug-likeness (QED) is 0.805. The van der Waals surface area contributed by atoms with Gasteiger partial charge in [0.2, 0.25) is 0 Å². The van der Waals surface area contributed by atoms with Crippen LogP contribution < -0.4 is 0 Å². The molecule has 1 aliphatic rings. The van der Waals surface area contributed by atoms with Crippen LogP contribution in [0.25, 0.3) is 10.9 Å². The van der Waals surface area contributed by atoms with E-state index in [2.05, 4.69) is 6.58 Å². The Bertz CT molecular complexity index is 867. The molecule has 1 aliphatic heterocycles. The van der Waals surface area contributed by atoms with Crippen LogP contribution in [0.1, 0.15) is 16.9 Å². The number of hydrogen-bond donors (Lipinski definition) is 0. The second kappa shape index (κ2) is 5.85. The minimum absolute atomic E-state index is 0.0382. The lowest BCUT2D eigenvalue weighted by molar-refractivity contribution is 0.0711. The van der Waals surface area contributed by atoms with Crippen molar-refractivity contribution in [1.29, 1.82) is 0 Å². The van der Waals surface area contributed by atoms with Gasteiger partial charge in [-0.05, 0) is 18.6 Å². The third kappa shape index (κ3) is 2.91. The summed E-state index contributed by atoms with van der Waals surface area (Å²) in [6.45, 7) is 4.05. The zero-order chi connectivity index (χ0) is 16.6. The molecule has 0 radical (unpaired) electrons. The molecule has 1 aromatic heterocycles. The summed E-state index contributed by atoms with van der Waals surface area (Å²) < 4.78 is 25.4. The largest absolute Gasteiger partial charge is 0.340 e. The molecule has 0 spiro atoms. The second-order valence-corrected chi connectivity index (χ2v) is 8.18. The third-order valence-electron chi connectivity index (χ3n) is 4.41. The maximum atomic E-state index is 13.0. The zero-order valence-electron chi connectivity index (χ0n) is 13.1. The Kier molecular flexibility index (Phi) is 4.02. The minimum Gasteiger partial charge on any atom is -0.340 e. The summed E-state index contributed by atoms with van der Waals surface area (Å²) in [7, 11) is -1.19. The van der Waals surface area contributed by atoms with Gasteiger partial charge in [-0.15, -0.1) is 6.58 Å². The first kappa shape index (κ1) is 15.8. The number of benzene rings is 1. The van der Waals surface area contributed by atoms with Crippen LogP contribution in [-0.4, -0.2) is 47.9 Å². The number of aromatic nitrogens is 1. The predicted octanol–water partition coefficient (Wildman–Crippen LogP) is 1.99. The molecule has 23 heavy (non-hydrogen) atoms. The van der Waals surface area contributed by atoms with Crippen molar-refractivity contribution in [2.45, 2.75) is 12.5 Å². The van der Waals surface area contributed by atoms with Crippen molar-refractivity contribution in [3.05, 3.63) is 48.7 Å². The number of carbonyl (C=O) groups is 1. The zero-order valence-corrected chi connectivity index (χ0v) is 13.9. The van der Waals surface area contributed by atoms with Crippen LogP contribution in [-0.2, 0) is 16.9 Å². The molecule has 0 N–H and O–H groups in total. The van der Waals surface area contributed by atoms with Crippen LogP contribution in [0.4, 0.5) is 0 Å². The van der Waals surface area contributed by atoms with Crippen molar-refractivity contribution in [2.24, 2.45) is 7.05 Å². The van der Waals surface area contributed by atoms with Gasteiger partial charge in [-0.3, -0.25) is 4.79 Å². The summed E-state index contributed by atoms with van der Waals surface area (Å²) in [6.07, 6.45) is 2.14. The topological polar surface area (TPSA) is 59.4 Å². The third-order valence-corrected chi connectivity index (χ3v) is 6.16. The maximum absolute atomic E-state index is 13.0. The van der Waals surface area contributed by atoms with Gasteiger partial charge in [-0.1, -0.05) is 24.3 Å². The molecule has 0 bridgehead atoms. The van der Waals surface area contributed by atoms with E-state index in [-0.39, 0.29) is 23.5 Å². The highest BCUT2D eigenvalue weighted by atomic mass is 32.2. The molecule has 1 saturated heterocycles. The summed E-state index contributed by atoms with van der Waals surface area (Å²) >= 11 is 0. The number of para-hydroxylation sites is 1. The fourth-order valence-corrected chi connectivity index (χ4v) is 4.93. The second-order valence-electron chi connectivity index (χ2n) is 5.95. The summed E-state index contributed by atoms with van der Waals surface area (Å²) in [5.41, 5.74) is 1.55. The van der Waals surface area contributed by atoms with Gasteiger partial charge in [0.15, 0.2) is 9.84 Å². The van der Waals surface area contributed by atoms with Gasteiger partial charge in [0.05, 0.1) is 11.5 Å². The highest BCUT2D eigenvalue weighted by molar-refractivity contribution is 7.91. The van der Waals surface area contributed by atoms with Gasteiger partial charge in [0.1, 0.15) is 5.69 Å². The summed E-state index contributed by atoms with van der Waals surface area (Å²) in [4.78, 5) is 14.6. The van der Waals surface area contributed by atoms with Crippen LogP contribution in [0.2, 0.25) is 0 Å². The van der Waals surface area contributed by atoms with Gasteiger partial charge in [-0.25, -0.2) is 8.42 Å². The first-order chi connectivity index (χ1) is 10.9. The van der Waals surface area contributed by atoms with Gasteiger partial charge < -0.3 is 9.47 Å². The van der Waals surface area contributed by atoms with E-state index in [9.17, 15) is 13.2 Å². The molecule has 3 rings (SSSR count). The lowest BCUT2D eigenvalue weighted by Gasteiger charge is -2.27. The molecule has 1 unspecified atom stereocenters. The maximum Gasteiger partial charge on any atom is 0.271 e. The lowest BCUT2D eigenvalue weighted by Crippen LogP contribution is -2.41. The average Bonchev–Trinajstić information content (AvgIpc) is 3.05. The first-order valence-corrected chi connectivity index (χ1v) is 9.42. The van der Waals surface area contributed by atoms with Crippen molar-refractivity contribution < 1.29 is 13.2 Å². The van der Waals surface area contributed by atoms with E-state index in [4.69, 9.17) is 0 Å². The van der Waals surface area contributed by atoms with Gasteiger partial charge >= 0.3 is 0 Å². The van der Waals surface area contributed by atoms with Gasteiger partial charge in [0.25, 0.3) is 5.91 Å². The molecule has 1 fully saturated rings. The van der Waals surface area contributed by atoms with Crippen molar-refractivity contribution in [3.8, 4) is 0 Å². The van der Waals surface area contributed by atoms with Crippen LogP contribution >= 0.6 is 0 Å². The standard InChI is InChI=1S/C17H20N2O3S/c1-3-9-19(14-8-10-23(21,22)12-14)17(20)16-11-13-6-4-5-7-15(13)18(16)2/h3-7,11,14H,1,8-10,12H2,2H3. The summed E-state index contributed by atoms with van der Waals surface area (Å²) in [5.74, 6) is 0.0372. The Labute approximate surface area is 136 Å². The van der Waals surface area contributed by atoms with E-state index in [1.807, 2.05) is 41.9 Å². The summed E-state index contributed by atoms with van der Waals surface area (Å²) in [6, 6.07) is 9.37. The Morgan fingerprint density at radius 2 is 2.17 bits per heavy atom. The van der Waals surface area contributed by atoms with E-state index in [1.165, 1.54) is 0 Å². The number of aryl methyl sites for hydroxylation is 1. The van der Waals surface area contributed by atoms with E-state index in [1.54, 1.807) is 11.0 Å². The smallest absolute Gasteiger partial charge is 0.271 e. The fraction of sp³-hybridized carbons (Fsp3) is 0.353. The number of nitrogens with zero attached hydrogens (tertiary/aromatic N) is 2. The van der Waals surface area contributed by atoms with Crippen molar-refractivity contribution >= 4 is 26.6 Å². The fourth-order valence-electron chi connectivity index (χ4n) is 3.20. The Balaban J connectivity index is 1.97. The molecule has 0 aliphatic carbocycles. The SMILES string of the molecule is C=CCN(C(=O)c1cc2ccccc2n1C)C1CCS(=O)(=O)C1. The number of sulfone groups is 1. The Morgan fingerprint density at radius 3 is 2.78 bits per heavy atom. The van der Waals surface area contributed by atoms with Crippen LogP contribution in [0.15, 0.2) is 43.0 Å². The average molecular weight is 332 g/mol. The molecule has 1 aromatic carbocycles. The monoisotopic (exact) mass is 332 g/mol. The number of carbonyl (C=O) groups excluding carboxylic acids is 1. The number of hydrogen-bond acceptors (Lipinski definition) is 3. The highest BCUT2D eigenvalue weighted by Gasteiger charge is 2.35. The number of rotatable bonds is 4. The van der Waals surface area contributed by atoms with E-state index in [0.29, 0.717) is 18.7 Å². The Morgan fingerprint density at radius 1 is 1.43 bits per heavy atom. The van der Waals surface area contributed by atoms with E-state index in [0.717, 1.165) is 10.9 Å². The Hall–Kier alpha value is -2.08. The van der Waals surface area contributed by atoms with Crippen molar-refractivity contribution in [1.82, 2.24) is 9.47 Å². The minimum atomic E-state index is -3.04. The van der Waals surface area contributed by atoms with Crippen LogP contribution in [0.5, 0.6) is 0 Å². The van der Waals surface area contributed by atoms with Crippen LogP contribution in [0.3, 0.4) is 0 Å². The predicted molar refractivity (Wildman–Crippen MR) is 91.2 cm³/mol. The number of amides is 1. The first-order valence-electron chi connectivity index (χ1n) is 7.59. The molecule has 2 aromatic rings. The molecule has 2 heterocycles. The molecule has 1 atom stereocenters. The van der Waals surface area contributed by atoms with E-state index < -0.39 is 9.84 Å². The molecule has 122 valence electrons. The summed E-state index contributed by atoms with van der Waals surface area (Å²) in [5, 5.41) is 0.996. The normalized spacial score (nSPS) is 19.8. The molecule has 6 heteroatoms. The molecule has 0 saturated carbocycles. The van der Waals surface area contributed by atoms with Crippen molar-refractivity contribution in [2.75, 3.05) is 18.1 Å². The van der Waals surface area contributed by atoms with E-state index >= 15 is 0 Å². The molecular weight excluding hydrogens is 312 g/mol. The van der Waals surface area contributed by atoms with Crippen LogP contribution in [0, 0.1) is 0 Å².